The van der Waals surface area contributed by atoms with Gasteiger partial charge in [0.25, 0.3) is 5.56 Å². The minimum absolute atomic E-state index is 0.0469. The lowest BCUT2D eigenvalue weighted by Crippen LogP contribution is -2.37. The number of hydrogen-bond donors (Lipinski definition) is 7. The third-order valence-electron chi connectivity index (χ3n) is 7.29. The number of phosphoric acid groups is 1. The second-order valence-corrected chi connectivity index (χ2v) is 12.2. The normalized spacial score (nSPS) is 29.9. The van der Waals surface area contributed by atoms with Gasteiger partial charge in [0.05, 0.1) is 19.3 Å². The number of methoxy groups -OCH3 is 1. The van der Waals surface area contributed by atoms with Gasteiger partial charge < -0.3 is 40.8 Å². The van der Waals surface area contributed by atoms with Gasteiger partial charge in [-0.3, -0.25) is 28.0 Å². The van der Waals surface area contributed by atoms with E-state index < -0.39 is 83.9 Å². The van der Waals surface area contributed by atoms with Gasteiger partial charge in [-0.1, -0.05) is 0 Å². The highest BCUT2D eigenvalue weighted by Gasteiger charge is 2.52. The molecule has 2 fully saturated rings. The van der Waals surface area contributed by atoms with E-state index in [9.17, 15) is 33.9 Å². The Morgan fingerprint density at radius 3 is 2.41 bits per heavy atom. The zero-order valence-corrected chi connectivity index (χ0v) is 25.2. The molecule has 0 amide bonds. The van der Waals surface area contributed by atoms with Crippen molar-refractivity contribution in [2.45, 2.75) is 49.1 Å². The van der Waals surface area contributed by atoms with Crippen molar-refractivity contribution in [2.75, 3.05) is 31.8 Å². The molecule has 0 spiro atoms. The zero-order chi connectivity index (χ0) is 32.9. The lowest BCUT2D eigenvalue weighted by molar-refractivity contribution is -0.0580. The zero-order valence-electron chi connectivity index (χ0n) is 23.4. The molecular formula is C21H27N10O13P2+. The Morgan fingerprint density at radius 1 is 1.00 bits per heavy atom. The standard InChI is InChI=1S/C21H26N10O13P2/c1-39-14-13(8(2-40-45(35)36)43-20(14)30-5-26-9-15(22)24-4-25-16(9)30)44-46(37,38)41-3-7-11(32)12(33)19(42-7)31-6-27-10-17(31)28-21(23)29-18(10)34/h4-8,11-14,19-20,32-33H,2-3H2,1H3,(H6-,22,23,24,25,28,29,34,35,36,37,38)/p+1/t7-,8-,11?,12?,13?,14?,19-,20-/m1/s1. The Balaban J connectivity index is 1.19. The van der Waals surface area contributed by atoms with Crippen LogP contribution in [0, 0.1) is 0 Å². The van der Waals surface area contributed by atoms with Crippen LogP contribution in [0.3, 0.4) is 0 Å². The smallest absolute Gasteiger partial charge is 0.387 e. The van der Waals surface area contributed by atoms with Crippen LogP contribution in [0.4, 0.5) is 11.8 Å². The van der Waals surface area contributed by atoms with Crippen LogP contribution in [-0.4, -0.2) is 116 Å². The second-order valence-electron chi connectivity index (χ2n) is 10.0. The Labute approximate surface area is 256 Å². The minimum Gasteiger partial charge on any atom is -0.387 e. The predicted molar refractivity (Wildman–Crippen MR) is 149 cm³/mol. The molecule has 10 atom stereocenters. The molecule has 23 nitrogen and oxygen atoms in total. The maximum Gasteiger partial charge on any atom is 0.694 e. The van der Waals surface area contributed by atoms with E-state index in [-0.39, 0.29) is 34.1 Å². The number of aromatic amines is 1. The highest BCUT2D eigenvalue weighted by molar-refractivity contribution is 7.47. The number of H-pyrrole nitrogens is 1. The van der Waals surface area contributed by atoms with Crippen LogP contribution in [0.15, 0.2) is 23.8 Å². The van der Waals surface area contributed by atoms with Gasteiger partial charge in [0, 0.05) is 11.7 Å². The average molecular weight is 689 g/mol. The fraction of sp³-hybridized carbons (Fsp3) is 0.524. The highest BCUT2D eigenvalue weighted by Crippen LogP contribution is 2.50. The van der Waals surface area contributed by atoms with Crippen LogP contribution in [0.2, 0.25) is 0 Å². The summed E-state index contributed by atoms with van der Waals surface area (Å²) in [5.41, 5.74) is 11.1. The number of phosphoric ester groups is 1. The van der Waals surface area contributed by atoms with Crippen LogP contribution in [-0.2, 0) is 36.9 Å². The van der Waals surface area contributed by atoms with E-state index in [1.165, 1.54) is 24.3 Å². The van der Waals surface area contributed by atoms with Gasteiger partial charge in [-0.25, -0.2) is 24.5 Å². The first-order valence-corrected chi connectivity index (χ1v) is 15.8. The Kier molecular flexibility index (Phi) is 8.84. The van der Waals surface area contributed by atoms with Crippen molar-refractivity contribution in [3.8, 4) is 0 Å². The molecule has 6 heterocycles. The van der Waals surface area contributed by atoms with E-state index in [4.69, 9.17) is 39.2 Å². The van der Waals surface area contributed by atoms with Crippen molar-refractivity contribution in [3.63, 3.8) is 0 Å². The fourth-order valence-corrected chi connectivity index (χ4v) is 6.45. The van der Waals surface area contributed by atoms with E-state index >= 15 is 0 Å². The summed E-state index contributed by atoms with van der Waals surface area (Å²) < 4.78 is 59.6. The van der Waals surface area contributed by atoms with Gasteiger partial charge in [-0.05, 0) is 0 Å². The van der Waals surface area contributed by atoms with Crippen LogP contribution < -0.4 is 17.0 Å². The van der Waals surface area contributed by atoms with E-state index in [0.29, 0.717) is 0 Å². The Bertz CT molecular complexity index is 1870. The summed E-state index contributed by atoms with van der Waals surface area (Å²) >= 11 is 0. The van der Waals surface area contributed by atoms with Crippen molar-refractivity contribution >= 4 is 50.2 Å². The highest BCUT2D eigenvalue weighted by atomic mass is 31.2. The number of aromatic nitrogens is 8. The first-order valence-electron chi connectivity index (χ1n) is 13.2. The van der Waals surface area contributed by atoms with Gasteiger partial charge in [0.1, 0.15) is 55.1 Å². The number of imidazole rings is 2. The van der Waals surface area contributed by atoms with Crippen molar-refractivity contribution in [1.29, 1.82) is 0 Å². The third-order valence-corrected chi connectivity index (χ3v) is 8.64. The SMILES string of the molecule is COC1C(OP(=O)(O)OC[C@H]2O[C@@H](n3cnc4c(=O)[nH]c(N)nc43)C(O)C2O)[C@@H](CO[P+](=O)O)O[C@H]1n1cnc2c(N)ncnc21. The molecule has 4 aromatic rings. The molecule has 0 bridgehead atoms. The number of rotatable bonds is 11. The van der Waals surface area contributed by atoms with Gasteiger partial charge in [-0.2, -0.15) is 4.98 Å². The molecule has 0 aromatic carbocycles. The number of fused-ring (bicyclic) bond motifs is 2. The molecule has 2 aliphatic rings. The molecule has 25 heteroatoms. The average Bonchev–Trinajstić information content (AvgIpc) is 3.76. The largest absolute Gasteiger partial charge is 0.694 e. The summed E-state index contributed by atoms with van der Waals surface area (Å²) in [5, 5.41) is 21.3. The fourth-order valence-electron chi connectivity index (χ4n) is 5.22. The summed E-state index contributed by atoms with van der Waals surface area (Å²) in [7, 11) is -6.88. The van der Waals surface area contributed by atoms with Crippen molar-refractivity contribution in [1.82, 2.24) is 39.0 Å². The molecule has 6 rings (SSSR count). The molecule has 4 aromatic heterocycles. The molecule has 0 aliphatic carbocycles. The molecule has 0 radical (unpaired) electrons. The van der Waals surface area contributed by atoms with E-state index in [2.05, 4.69) is 29.9 Å². The van der Waals surface area contributed by atoms with E-state index in [0.717, 1.165) is 10.9 Å². The molecule has 248 valence electrons. The van der Waals surface area contributed by atoms with Crippen molar-refractivity contribution < 1.29 is 56.9 Å². The summed E-state index contributed by atoms with van der Waals surface area (Å²) in [4.78, 5) is 54.4. The van der Waals surface area contributed by atoms with Crippen molar-refractivity contribution in [3.05, 3.63) is 29.3 Å². The number of ether oxygens (including phenoxy) is 3. The number of nitrogens with zero attached hydrogens (tertiary/aromatic N) is 7. The summed E-state index contributed by atoms with van der Waals surface area (Å²) in [5.74, 6) is -0.154. The number of aliphatic hydroxyl groups is 2. The van der Waals surface area contributed by atoms with Gasteiger partial charge in [-0.15, -0.1) is 9.42 Å². The van der Waals surface area contributed by atoms with Gasteiger partial charge >= 0.3 is 16.1 Å². The molecule has 2 saturated heterocycles. The molecule has 2 aliphatic heterocycles. The van der Waals surface area contributed by atoms with E-state index in [1.54, 1.807) is 0 Å². The number of nitrogens with one attached hydrogen (secondary N) is 1. The number of aliphatic hydroxyl groups excluding tert-OH is 2. The maximum absolute atomic E-state index is 13.2. The number of hydrogen-bond acceptors (Lipinski definition) is 18. The van der Waals surface area contributed by atoms with Crippen LogP contribution >= 0.6 is 16.1 Å². The first-order chi connectivity index (χ1) is 21.9. The van der Waals surface area contributed by atoms with Gasteiger partial charge in [0.15, 0.2) is 35.1 Å². The lowest BCUT2D eigenvalue weighted by atomic mass is 10.1. The molecular weight excluding hydrogens is 662 g/mol. The summed E-state index contributed by atoms with van der Waals surface area (Å²) in [6.07, 6.45) is -7.32. The Morgan fingerprint density at radius 2 is 1.70 bits per heavy atom. The Hall–Kier alpha value is -3.57. The predicted octanol–water partition coefficient (Wildman–Crippen LogP) is -2.18. The lowest BCUT2D eigenvalue weighted by Gasteiger charge is -2.25. The summed E-state index contributed by atoms with van der Waals surface area (Å²) in [6.45, 7) is -1.35. The summed E-state index contributed by atoms with van der Waals surface area (Å²) in [6, 6.07) is 0. The van der Waals surface area contributed by atoms with Gasteiger partial charge in [0.2, 0.25) is 5.95 Å². The first kappa shape index (κ1) is 32.4. The molecule has 0 saturated carbocycles. The van der Waals surface area contributed by atoms with E-state index in [1.807, 2.05) is 0 Å². The third kappa shape index (κ3) is 5.99. The minimum atomic E-state index is -5.05. The number of nitrogens with two attached hydrogens (primary N) is 2. The van der Waals surface area contributed by atoms with Crippen LogP contribution in [0.5, 0.6) is 0 Å². The van der Waals surface area contributed by atoms with Crippen LogP contribution in [0.25, 0.3) is 22.3 Å². The second kappa shape index (κ2) is 12.6. The monoisotopic (exact) mass is 689 g/mol. The van der Waals surface area contributed by atoms with Crippen LogP contribution in [0.1, 0.15) is 12.5 Å². The maximum atomic E-state index is 13.2. The van der Waals surface area contributed by atoms with Crippen molar-refractivity contribution in [2.24, 2.45) is 0 Å². The number of anilines is 2. The topological polar surface area (TPSA) is 330 Å². The molecule has 9 N–H and O–H groups in total. The molecule has 6 unspecified atom stereocenters. The quantitative estimate of drug-likeness (QED) is 0.0823. The molecule has 46 heavy (non-hydrogen) atoms. The number of nitrogen functional groups attached to an aromatic ring is 2.